The molecule has 0 N–H and O–H groups in total. The normalized spacial score (nSPS) is 15.8. The molecule has 8 heteroatoms. The Bertz CT molecular complexity index is 1400. The van der Waals surface area contributed by atoms with E-state index in [0.29, 0.717) is 49.8 Å². The van der Waals surface area contributed by atoms with Gasteiger partial charge in [-0.1, -0.05) is 26.0 Å². The van der Waals surface area contributed by atoms with Gasteiger partial charge in [0.25, 0.3) is 0 Å². The molecule has 7 nitrogen and oxygen atoms in total. The van der Waals surface area contributed by atoms with Gasteiger partial charge in [-0.15, -0.1) is 0 Å². The summed E-state index contributed by atoms with van der Waals surface area (Å²) in [5, 5.41) is 0.921. The second-order valence-electron chi connectivity index (χ2n) is 9.21. The number of carbonyl (C=O) groups is 1. The summed E-state index contributed by atoms with van der Waals surface area (Å²) in [6.45, 7) is 10.0. The maximum Gasteiger partial charge on any atom is 0.336 e. The second kappa shape index (κ2) is 9.44. The lowest BCUT2D eigenvalue weighted by molar-refractivity contribution is 0.101. The minimum absolute atomic E-state index is 0.136. The summed E-state index contributed by atoms with van der Waals surface area (Å²) in [6, 6.07) is 11.8. The van der Waals surface area contributed by atoms with Crippen LogP contribution in [-0.4, -0.2) is 49.6 Å². The Morgan fingerprint density at radius 2 is 1.76 bits per heavy atom. The summed E-state index contributed by atoms with van der Waals surface area (Å²) >= 11 is 0. The van der Waals surface area contributed by atoms with Crippen LogP contribution in [0.25, 0.3) is 11.0 Å². The van der Waals surface area contributed by atoms with Gasteiger partial charge >= 0.3 is 5.63 Å². The molecule has 180 valence electrons. The number of rotatable bonds is 6. The van der Waals surface area contributed by atoms with E-state index in [0.717, 1.165) is 16.5 Å². The van der Waals surface area contributed by atoms with Gasteiger partial charge in [0.2, 0.25) is 10.0 Å². The highest BCUT2D eigenvalue weighted by molar-refractivity contribution is 7.89. The van der Waals surface area contributed by atoms with Crippen LogP contribution in [0.15, 0.2) is 56.6 Å². The Labute approximate surface area is 200 Å². The van der Waals surface area contributed by atoms with Crippen LogP contribution in [0.4, 0.5) is 0 Å². The first-order valence-electron chi connectivity index (χ1n) is 11.5. The number of carbonyl (C=O) groups excluding carboxylic acids is 1. The molecule has 2 aromatic carbocycles. The SMILES string of the molecule is CC(=O)c1cccc(S(=O)(=O)N2CCN(Cc3cc(=O)oc4cc(C)c(C(C)C)cc34)CC2)c1. The fraction of sp³-hybridized carbons (Fsp3) is 0.385. The number of piperazine rings is 1. The van der Waals surface area contributed by atoms with Crippen LogP contribution in [0, 0.1) is 6.92 Å². The molecule has 3 aromatic rings. The first-order valence-corrected chi connectivity index (χ1v) is 12.9. The molecule has 4 rings (SSSR count). The third-order valence-electron chi connectivity index (χ3n) is 6.44. The van der Waals surface area contributed by atoms with Crippen molar-refractivity contribution in [3.8, 4) is 0 Å². The Hall–Kier alpha value is -2.81. The number of Topliss-reactive ketones (excluding diaryl/α,β-unsaturated/α-hetero) is 1. The first kappa shape index (κ1) is 24.3. The number of fused-ring (bicyclic) bond motifs is 1. The lowest BCUT2D eigenvalue weighted by atomic mass is 9.95. The van der Waals surface area contributed by atoms with E-state index in [1.165, 1.54) is 35.0 Å². The molecule has 0 atom stereocenters. The van der Waals surface area contributed by atoms with Crippen LogP contribution in [0.1, 0.15) is 53.7 Å². The number of aryl methyl sites for hydroxylation is 1. The quantitative estimate of drug-likeness (QED) is 0.391. The molecular weight excluding hydrogens is 452 g/mol. The molecule has 0 aliphatic carbocycles. The minimum atomic E-state index is -3.69. The molecule has 0 unspecified atom stereocenters. The van der Waals surface area contributed by atoms with Gasteiger partial charge < -0.3 is 4.42 Å². The Balaban J connectivity index is 1.53. The van der Waals surface area contributed by atoms with E-state index in [1.54, 1.807) is 12.1 Å². The lowest BCUT2D eigenvalue weighted by Gasteiger charge is -2.34. The lowest BCUT2D eigenvalue weighted by Crippen LogP contribution is -2.48. The van der Waals surface area contributed by atoms with Crippen LogP contribution >= 0.6 is 0 Å². The van der Waals surface area contributed by atoms with Gasteiger partial charge in [-0.2, -0.15) is 4.31 Å². The zero-order chi connectivity index (χ0) is 24.6. The highest BCUT2D eigenvalue weighted by Gasteiger charge is 2.29. The average Bonchev–Trinajstić information content (AvgIpc) is 2.78. The zero-order valence-electron chi connectivity index (χ0n) is 20.0. The summed E-state index contributed by atoms with van der Waals surface area (Å²) in [4.78, 5) is 26.2. The van der Waals surface area contributed by atoms with Crippen molar-refractivity contribution in [3.05, 3.63) is 75.1 Å². The van der Waals surface area contributed by atoms with Gasteiger partial charge in [-0.05, 0) is 60.7 Å². The number of sulfonamides is 1. The van der Waals surface area contributed by atoms with Crippen LogP contribution in [0.3, 0.4) is 0 Å². The second-order valence-corrected chi connectivity index (χ2v) is 11.2. The van der Waals surface area contributed by atoms with Crippen molar-refractivity contribution in [2.45, 2.75) is 45.1 Å². The first-order chi connectivity index (χ1) is 16.1. The standard InChI is InChI=1S/C26H30N2O5S/c1-17(2)23-15-24-21(14-26(30)33-25(24)12-18(23)3)16-27-8-10-28(11-9-27)34(31,32)22-7-5-6-20(13-22)19(4)29/h5-7,12-15,17H,8-11,16H2,1-4H3. The molecule has 1 saturated heterocycles. The maximum atomic E-state index is 13.1. The Morgan fingerprint density at radius 3 is 2.41 bits per heavy atom. The number of hydrogen-bond donors (Lipinski definition) is 0. The molecule has 1 aliphatic rings. The molecule has 0 saturated carbocycles. The van der Waals surface area contributed by atoms with Crippen molar-refractivity contribution in [1.82, 2.24) is 9.21 Å². The summed E-state index contributed by atoms with van der Waals surface area (Å²) in [7, 11) is -3.69. The number of hydrogen-bond acceptors (Lipinski definition) is 6. The molecule has 2 heterocycles. The summed E-state index contributed by atoms with van der Waals surface area (Å²) in [5.74, 6) is 0.177. The van der Waals surface area contributed by atoms with E-state index in [2.05, 4.69) is 24.8 Å². The van der Waals surface area contributed by atoms with Crippen LogP contribution in [0.2, 0.25) is 0 Å². The predicted molar refractivity (Wildman–Crippen MR) is 132 cm³/mol. The fourth-order valence-corrected chi connectivity index (χ4v) is 6.01. The van der Waals surface area contributed by atoms with Crippen molar-refractivity contribution >= 4 is 26.8 Å². The largest absolute Gasteiger partial charge is 0.423 e. The molecule has 0 radical (unpaired) electrons. The Kier molecular flexibility index (Phi) is 6.75. The Morgan fingerprint density at radius 1 is 1.06 bits per heavy atom. The van der Waals surface area contributed by atoms with Gasteiger partial charge in [0.1, 0.15) is 5.58 Å². The van der Waals surface area contributed by atoms with E-state index >= 15 is 0 Å². The monoisotopic (exact) mass is 482 g/mol. The number of ketones is 1. The average molecular weight is 483 g/mol. The molecule has 0 amide bonds. The highest BCUT2D eigenvalue weighted by Crippen LogP contribution is 2.28. The number of nitrogens with zero attached hydrogens (tertiary/aromatic N) is 2. The molecular formula is C26H30N2O5S. The van der Waals surface area contributed by atoms with Crippen molar-refractivity contribution in [2.24, 2.45) is 0 Å². The van der Waals surface area contributed by atoms with Crippen molar-refractivity contribution in [3.63, 3.8) is 0 Å². The zero-order valence-corrected chi connectivity index (χ0v) is 20.8. The van der Waals surface area contributed by atoms with E-state index in [-0.39, 0.29) is 16.3 Å². The third kappa shape index (κ3) is 4.85. The number of benzene rings is 2. The van der Waals surface area contributed by atoms with Crippen molar-refractivity contribution in [1.29, 1.82) is 0 Å². The minimum Gasteiger partial charge on any atom is -0.423 e. The fourth-order valence-electron chi connectivity index (χ4n) is 4.54. The van der Waals surface area contributed by atoms with E-state index in [4.69, 9.17) is 4.42 Å². The van der Waals surface area contributed by atoms with Gasteiger partial charge in [0, 0.05) is 49.7 Å². The topological polar surface area (TPSA) is 87.9 Å². The molecule has 1 fully saturated rings. The summed E-state index contributed by atoms with van der Waals surface area (Å²) in [5.41, 5.74) is 3.77. The van der Waals surface area contributed by atoms with Gasteiger partial charge in [0.15, 0.2) is 5.78 Å². The van der Waals surface area contributed by atoms with E-state index < -0.39 is 10.0 Å². The van der Waals surface area contributed by atoms with Crippen LogP contribution in [0.5, 0.6) is 0 Å². The summed E-state index contributed by atoms with van der Waals surface area (Å²) in [6.07, 6.45) is 0. The maximum absolute atomic E-state index is 13.1. The molecule has 1 aromatic heterocycles. The van der Waals surface area contributed by atoms with Crippen molar-refractivity contribution < 1.29 is 17.6 Å². The van der Waals surface area contributed by atoms with Gasteiger partial charge in [-0.25, -0.2) is 13.2 Å². The highest BCUT2D eigenvalue weighted by atomic mass is 32.2. The molecule has 0 bridgehead atoms. The van der Waals surface area contributed by atoms with Gasteiger partial charge in [-0.3, -0.25) is 9.69 Å². The molecule has 0 spiro atoms. The smallest absolute Gasteiger partial charge is 0.336 e. The summed E-state index contributed by atoms with van der Waals surface area (Å²) < 4.78 is 33.2. The van der Waals surface area contributed by atoms with E-state index in [9.17, 15) is 18.0 Å². The van der Waals surface area contributed by atoms with Crippen LogP contribution in [-0.2, 0) is 16.6 Å². The molecule has 34 heavy (non-hydrogen) atoms. The van der Waals surface area contributed by atoms with Crippen LogP contribution < -0.4 is 5.63 Å². The van der Waals surface area contributed by atoms with Gasteiger partial charge in [0.05, 0.1) is 4.90 Å². The molecule has 1 aliphatic heterocycles. The van der Waals surface area contributed by atoms with E-state index in [1.807, 2.05) is 13.0 Å². The third-order valence-corrected chi connectivity index (χ3v) is 8.34. The predicted octanol–water partition coefficient (Wildman–Crippen LogP) is 3.93. The van der Waals surface area contributed by atoms with Crippen molar-refractivity contribution in [2.75, 3.05) is 26.2 Å².